The van der Waals surface area contributed by atoms with Gasteiger partial charge in [-0.1, -0.05) is 0 Å². The van der Waals surface area contributed by atoms with Crippen LogP contribution in [0, 0.1) is 0 Å². The Morgan fingerprint density at radius 1 is 2.00 bits per heavy atom. The van der Waals surface area contributed by atoms with Gasteiger partial charge in [0, 0.05) is 0 Å². The standard InChI is InChI=1S/CH3BFO2/c3-1-5-2-4/h4H,1H2. The van der Waals surface area contributed by atoms with Crippen molar-refractivity contribution in [2.24, 2.45) is 0 Å². The van der Waals surface area contributed by atoms with Gasteiger partial charge in [0.15, 0.2) is 6.86 Å². The molecule has 2 nitrogen and oxygen atoms in total. The largest absolute Gasteiger partial charge is 0.487 e. The highest BCUT2D eigenvalue weighted by molar-refractivity contribution is 6.15. The summed E-state index contributed by atoms with van der Waals surface area (Å²) in [6, 6.07) is 0. The van der Waals surface area contributed by atoms with Crippen LogP contribution in [0.15, 0.2) is 0 Å². The fourth-order valence-electron chi connectivity index (χ4n) is 0.0282. The summed E-state index contributed by atoms with van der Waals surface area (Å²) in [7, 11) is 0.306. The van der Waals surface area contributed by atoms with Crippen LogP contribution in [0.3, 0.4) is 0 Å². The minimum Gasteiger partial charge on any atom is -0.429 e. The van der Waals surface area contributed by atoms with Crippen molar-refractivity contribution in [3.05, 3.63) is 0 Å². The van der Waals surface area contributed by atoms with Crippen LogP contribution >= 0.6 is 0 Å². The van der Waals surface area contributed by atoms with Gasteiger partial charge in [-0.25, -0.2) is 4.39 Å². The molecule has 0 aliphatic carbocycles. The van der Waals surface area contributed by atoms with E-state index in [9.17, 15) is 4.39 Å². The smallest absolute Gasteiger partial charge is 0.429 e. The molecule has 0 atom stereocenters. The molecule has 5 heavy (non-hydrogen) atoms. The molecule has 0 heterocycles. The zero-order valence-electron chi connectivity index (χ0n) is 2.52. The number of hydrogen-bond acceptors (Lipinski definition) is 2. The molecule has 0 aromatic heterocycles. The Morgan fingerprint density at radius 2 is 2.60 bits per heavy atom. The lowest BCUT2D eigenvalue weighted by Crippen LogP contribution is -1.92. The van der Waals surface area contributed by atoms with Crippen molar-refractivity contribution in [2.45, 2.75) is 0 Å². The molecular weight excluding hydrogens is 73.8 g/mol. The summed E-state index contributed by atoms with van der Waals surface area (Å²) < 4.78 is 14.2. The molecule has 1 radical (unpaired) electrons. The molecule has 29 valence electrons. The van der Waals surface area contributed by atoms with Crippen molar-refractivity contribution < 1.29 is 14.1 Å². The summed E-state index contributed by atoms with van der Waals surface area (Å²) in [5, 5.41) is 7.48. The Balaban J connectivity index is 2.19. The average Bonchev–Trinajstić information content (AvgIpc) is 1.41. The van der Waals surface area contributed by atoms with E-state index in [0.29, 0.717) is 7.69 Å². The lowest BCUT2D eigenvalue weighted by atomic mass is 10.4. The highest BCUT2D eigenvalue weighted by Crippen LogP contribution is 1.62. The van der Waals surface area contributed by atoms with Gasteiger partial charge in [-0.15, -0.1) is 0 Å². The topological polar surface area (TPSA) is 29.5 Å². The third kappa shape index (κ3) is 3.91. The third-order valence-corrected chi connectivity index (χ3v) is 0.138. The van der Waals surface area contributed by atoms with Crippen LogP contribution in [-0.4, -0.2) is 19.6 Å². The first-order chi connectivity index (χ1) is 2.41. The highest BCUT2D eigenvalue weighted by atomic mass is 19.1. The summed E-state index contributed by atoms with van der Waals surface area (Å²) in [5.41, 5.74) is 0. The lowest BCUT2D eigenvalue weighted by Gasteiger charge is -1.79. The first-order valence-corrected chi connectivity index (χ1v) is 1.05. The molecule has 0 unspecified atom stereocenters. The SMILES string of the molecule is O[B]OCF. The van der Waals surface area contributed by atoms with Crippen LogP contribution < -0.4 is 0 Å². The van der Waals surface area contributed by atoms with Gasteiger partial charge in [0.1, 0.15) is 0 Å². The van der Waals surface area contributed by atoms with Gasteiger partial charge in [0.25, 0.3) is 0 Å². The molecular formula is CH3BFO2. The van der Waals surface area contributed by atoms with Crippen LogP contribution in [-0.2, 0) is 4.65 Å². The van der Waals surface area contributed by atoms with Crippen molar-refractivity contribution >= 4 is 7.69 Å². The molecule has 0 amide bonds. The van der Waals surface area contributed by atoms with Crippen molar-refractivity contribution in [1.82, 2.24) is 0 Å². The molecule has 0 aromatic rings. The van der Waals surface area contributed by atoms with E-state index in [-0.39, 0.29) is 0 Å². The van der Waals surface area contributed by atoms with E-state index in [1.165, 1.54) is 0 Å². The Bertz CT molecular complexity index is 17.1. The molecule has 0 rings (SSSR count). The lowest BCUT2D eigenvalue weighted by molar-refractivity contribution is 0.175. The van der Waals surface area contributed by atoms with E-state index >= 15 is 0 Å². The van der Waals surface area contributed by atoms with E-state index in [4.69, 9.17) is 5.02 Å². The monoisotopic (exact) mass is 77.0 g/mol. The summed E-state index contributed by atoms with van der Waals surface area (Å²) in [5.74, 6) is 0. The van der Waals surface area contributed by atoms with Gasteiger partial charge in [0.05, 0.1) is 0 Å². The Kier molecular flexibility index (Phi) is 3.85. The molecule has 0 bridgehead atoms. The molecule has 0 saturated carbocycles. The number of halogens is 1. The Labute approximate surface area is 29.9 Å². The normalized spacial score (nSPS) is 7.60. The molecule has 1 N–H and O–H groups in total. The van der Waals surface area contributed by atoms with Gasteiger partial charge in [0.2, 0.25) is 0 Å². The van der Waals surface area contributed by atoms with E-state index in [1.54, 1.807) is 0 Å². The second-order valence-corrected chi connectivity index (χ2v) is 0.381. The quantitative estimate of drug-likeness (QED) is 0.448. The number of hydrogen-bond donors (Lipinski definition) is 1. The zero-order valence-corrected chi connectivity index (χ0v) is 2.52. The molecule has 0 saturated heterocycles. The minimum absolute atomic E-state index is 0.306. The molecule has 4 heteroatoms. The van der Waals surface area contributed by atoms with Crippen LogP contribution in [0.4, 0.5) is 4.39 Å². The van der Waals surface area contributed by atoms with Crippen molar-refractivity contribution in [3.63, 3.8) is 0 Å². The maximum atomic E-state index is 10.6. The van der Waals surface area contributed by atoms with Crippen LogP contribution in [0.5, 0.6) is 0 Å². The molecule has 0 aliphatic heterocycles. The summed E-state index contributed by atoms with van der Waals surface area (Å²) in [6.07, 6.45) is 0. The highest BCUT2D eigenvalue weighted by Gasteiger charge is 1.76. The first kappa shape index (κ1) is 4.91. The second-order valence-electron chi connectivity index (χ2n) is 0.381. The van der Waals surface area contributed by atoms with E-state index in [2.05, 4.69) is 4.65 Å². The van der Waals surface area contributed by atoms with Crippen LogP contribution in [0.1, 0.15) is 0 Å². The fraction of sp³-hybridized carbons (Fsp3) is 1.00. The molecule has 0 aliphatic rings. The summed E-state index contributed by atoms with van der Waals surface area (Å²) in [6.45, 7) is -0.962. The van der Waals surface area contributed by atoms with Crippen LogP contribution in [0.2, 0.25) is 0 Å². The van der Waals surface area contributed by atoms with Gasteiger partial charge >= 0.3 is 7.69 Å². The van der Waals surface area contributed by atoms with Gasteiger partial charge < -0.3 is 9.68 Å². The van der Waals surface area contributed by atoms with E-state index in [1.807, 2.05) is 0 Å². The predicted octanol–water partition coefficient (Wildman–Crippen LogP) is -0.544. The Hall–Kier alpha value is -0.0851. The van der Waals surface area contributed by atoms with Crippen molar-refractivity contribution in [1.29, 1.82) is 0 Å². The molecule has 0 fully saturated rings. The van der Waals surface area contributed by atoms with E-state index in [0.717, 1.165) is 0 Å². The van der Waals surface area contributed by atoms with E-state index < -0.39 is 6.86 Å². The van der Waals surface area contributed by atoms with Crippen molar-refractivity contribution in [3.8, 4) is 0 Å². The molecule has 0 spiro atoms. The average molecular weight is 76.8 g/mol. The first-order valence-electron chi connectivity index (χ1n) is 1.05. The van der Waals surface area contributed by atoms with Gasteiger partial charge in [-0.3, -0.25) is 0 Å². The van der Waals surface area contributed by atoms with Gasteiger partial charge in [-0.2, -0.15) is 0 Å². The fourth-order valence-corrected chi connectivity index (χ4v) is 0.0282. The maximum Gasteiger partial charge on any atom is 0.487 e. The number of alkyl halides is 1. The maximum absolute atomic E-state index is 10.6. The number of rotatable bonds is 2. The Morgan fingerprint density at radius 3 is 2.60 bits per heavy atom. The second kappa shape index (κ2) is 3.91. The zero-order chi connectivity index (χ0) is 4.12. The third-order valence-electron chi connectivity index (χ3n) is 0.138. The summed E-state index contributed by atoms with van der Waals surface area (Å²) >= 11 is 0. The minimum atomic E-state index is -0.962. The predicted molar refractivity (Wildman–Crippen MR) is 15.0 cm³/mol. The molecule has 0 aromatic carbocycles. The summed E-state index contributed by atoms with van der Waals surface area (Å²) in [4.78, 5) is 0. The van der Waals surface area contributed by atoms with Gasteiger partial charge in [-0.05, 0) is 0 Å². The van der Waals surface area contributed by atoms with Crippen LogP contribution in [0.25, 0.3) is 0 Å². The van der Waals surface area contributed by atoms with Crippen molar-refractivity contribution in [2.75, 3.05) is 6.86 Å².